The van der Waals surface area contributed by atoms with Gasteiger partial charge in [0.05, 0.1) is 6.07 Å². The van der Waals surface area contributed by atoms with Gasteiger partial charge in [-0.2, -0.15) is 4.57 Å². The van der Waals surface area contributed by atoms with Gasteiger partial charge in [-0.05, 0) is 80.9 Å². The summed E-state index contributed by atoms with van der Waals surface area (Å²) in [7, 11) is 0. The van der Waals surface area contributed by atoms with E-state index in [4.69, 9.17) is 9.47 Å². The van der Waals surface area contributed by atoms with Gasteiger partial charge in [0.1, 0.15) is 17.0 Å². The molecule has 0 amide bonds. The molecule has 4 aliphatic heterocycles. The van der Waals surface area contributed by atoms with Crippen LogP contribution in [0.4, 0.5) is 0 Å². The zero-order chi connectivity index (χ0) is 37.7. The molecular formula is C53H31N3O2+2. The number of benzene rings is 7. The molecule has 0 aliphatic carbocycles. The lowest BCUT2D eigenvalue weighted by molar-refractivity contribution is -0.939. The van der Waals surface area contributed by atoms with Crippen LogP contribution in [0.5, 0.6) is 23.1 Å². The van der Waals surface area contributed by atoms with E-state index in [0.29, 0.717) is 0 Å². The van der Waals surface area contributed by atoms with Crippen molar-refractivity contribution in [1.29, 1.82) is 0 Å². The number of nitrogens with zero attached hydrogens (tertiary/aromatic N) is 3. The van der Waals surface area contributed by atoms with E-state index in [-0.39, 0.29) is 0 Å². The van der Waals surface area contributed by atoms with Gasteiger partial charge in [0.15, 0.2) is 22.4 Å². The molecule has 0 radical (unpaired) electrons. The Morgan fingerprint density at radius 1 is 0.379 bits per heavy atom. The summed E-state index contributed by atoms with van der Waals surface area (Å²) in [6, 6.07) is 67.8. The molecule has 14 rings (SSSR count). The zero-order valence-electron chi connectivity index (χ0n) is 31.1. The summed E-state index contributed by atoms with van der Waals surface area (Å²) in [4.78, 5) is 0. The van der Waals surface area contributed by atoms with Crippen molar-refractivity contribution in [2.45, 2.75) is 5.66 Å². The lowest BCUT2D eigenvalue weighted by Crippen LogP contribution is -2.75. The number of hydrogen-bond acceptors (Lipinski definition) is 2. The largest absolute Gasteiger partial charge is 0.455 e. The highest BCUT2D eigenvalue weighted by Gasteiger charge is 2.72. The molecule has 1 spiro atoms. The highest BCUT2D eigenvalue weighted by molar-refractivity contribution is 6.11. The molecule has 268 valence electrons. The summed E-state index contributed by atoms with van der Waals surface area (Å²) < 4.78 is 21.4. The van der Waals surface area contributed by atoms with E-state index in [9.17, 15) is 0 Å². The maximum atomic E-state index is 7.03. The van der Waals surface area contributed by atoms with Crippen molar-refractivity contribution in [3.63, 3.8) is 0 Å². The first-order valence-electron chi connectivity index (χ1n) is 19.8. The van der Waals surface area contributed by atoms with Gasteiger partial charge < -0.3 is 9.47 Å². The first-order chi connectivity index (χ1) is 28.7. The number of fused-ring (bicyclic) bond motifs is 5. The van der Waals surface area contributed by atoms with E-state index in [2.05, 4.69) is 196 Å². The fourth-order valence-electron chi connectivity index (χ4n) is 10.4. The first-order valence-corrected chi connectivity index (χ1v) is 19.8. The third-order valence-corrected chi connectivity index (χ3v) is 12.8. The van der Waals surface area contributed by atoms with Crippen molar-refractivity contribution in [3.05, 3.63) is 199 Å². The predicted octanol–water partition coefficient (Wildman–Crippen LogP) is 11.8. The molecule has 1 unspecified atom stereocenters. The smallest absolute Gasteiger partial charge is 0.381 e. The Kier molecular flexibility index (Phi) is 5.65. The van der Waals surface area contributed by atoms with E-state index >= 15 is 0 Å². The highest BCUT2D eigenvalue weighted by Crippen LogP contribution is 2.59. The van der Waals surface area contributed by atoms with Crippen LogP contribution in [-0.2, 0) is 5.66 Å². The Balaban J connectivity index is 1.10. The van der Waals surface area contributed by atoms with Crippen molar-refractivity contribution < 1.29 is 18.6 Å². The molecule has 0 bridgehead atoms. The molecule has 7 aromatic carbocycles. The minimum absolute atomic E-state index is 0.789. The maximum Gasteiger partial charge on any atom is 0.381 e. The summed E-state index contributed by atoms with van der Waals surface area (Å²) in [5, 5.41) is 2.42. The zero-order valence-corrected chi connectivity index (χ0v) is 31.1. The number of para-hydroxylation sites is 1. The monoisotopic (exact) mass is 741 g/mol. The van der Waals surface area contributed by atoms with E-state index < -0.39 is 5.66 Å². The van der Waals surface area contributed by atoms with Crippen LogP contribution in [0.2, 0.25) is 0 Å². The van der Waals surface area contributed by atoms with Gasteiger partial charge in [-0.1, -0.05) is 127 Å². The number of pyridine rings is 2. The van der Waals surface area contributed by atoms with Crippen molar-refractivity contribution in [1.82, 2.24) is 4.57 Å². The Hall–Kier alpha value is -7.76. The molecule has 5 nitrogen and oxygen atoms in total. The molecule has 0 saturated carbocycles. The Morgan fingerprint density at radius 3 is 1.59 bits per heavy atom. The second-order valence-corrected chi connectivity index (χ2v) is 15.7. The molecule has 1 atom stereocenters. The molecule has 10 aromatic rings. The predicted molar refractivity (Wildman–Crippen MR) is 227 cm³/mol. The molecule has 0 N–H and O–H groups in total. The second kappa shape index (κ2) is 10.8. The Labute approximate surface area is 333 Å². The fraction of sp³-hybridized carbons (Fsp3) is 0.0189. The lowest BCUT2D eigenvalue weighted by atomic mass is 9.83. The minimum Gasteiger partial charge on any atom is -0.455 e. The third kappa shape index (κ3) is 3.71. The molecule has 3 aromatic heterocycles. The second-order valence-electron chi connectivity index (χ2n) is 15.7. The normalized spacial score (nSPS) is 15.6. The summed E-state index contributed by atoms with van der Waals surface area (Å²) >= 11 is 0. The highest BCUT2D eigenvalue weighted by atomic mass is 16.5. The Bertz CT molecular complexity index is 3430. The number of rotatable bonds is 4. The van der Waals surface area contributed by atoms with Gasteiger partial charge in [-0.25, -0.2) is 0 Å². The van der Waals surface area contributed by atoms with Crippen LogP contribution in [0.1, 0.15) is 11.1 Å². The quantitative estimate of drug-likeness (QED) is 0.168. The minimum atomic E-state index is -0.789. The molecule has 7 heterocycles. The maximum absolute atomic E-state index is 7.03. The van der Waals surface area contributed by atoms with Crippen LogP contribution in [0.15, 0.2) is 188 Å². The van der Waals surface area contributed by atoms with Gasteiger partial charge in [0, 0.05) is 29.0 Å². The summed E-state index contributed by atoms with van der Waals surface area (Å²) in [6.45, 7) is 0. The van der Waals surface area contributed by atoms with E-state index in [1.165, 1.54) is 38.5 Å². The lowest BCUT2D eigenvalue weighted by Gasteiger charge is -2.37. The van der Waals surface area contributed by atoms with E-state index in [1.807, 2.05) is 6.07 Å². The molecule has 0 saturated heterocycles. The van der Waals surface area contributed by atoms with Gasteiger partial charge in [-0.3, -0.25) is 0 Å². The van der Waals surface area contributed by atoms with Gasteiger partial charge in [0.25, 0.3) is 11.5 Å². The number of ether oxygens (including phenoxy) is 2. The van der Waals surface area contributed by atoms with Crippen molar-refractivity contribution >= 4 is 21.8 Å². The summed E-state index contributed by atoms with van der Waals surface area (Å²) in [5.74, 6) is 4.37. The standard InChI is InChI=1S/C53H31N3O2/c1-3-10-32(11-4-1)34-18-22-36(23-19-34)38-28-43-44-29-39(37-24-20-35(21-25-37)33-12-5-2-6-13-33)31-49-56(44)53-50-45(16-9-17-46(50)58-49)57-47-27-26-41-40-14-7-8-15-42(40)54(52(41)51(47)53)48(30-38)55(43)53/h1-31H/q+2. The average molecular weight is 742 g/mol. The number of hydrogen-bond donors (Lipinski definition) is 0. The number of aromatic nitrogens is 3. The first kappa shape index (κ1) is 30.5. The van der Waals surface area contributed by atoms with Crippen LogP contribution in [0.25, 0.3) is 83.5 Å². The molecule has 0 fully saturated rings. The van der Waals surface area contributed by atoms with Crippen LogP contribution in [0.3, 0.4) is 0 Å². The summed E-state index contributed by atoms with van der Waals surface area (Å²) in [6.07, 6.45) is 0. The van der Waals surface area contributed by atoms with Crippen LogP contribution in [0, 0.1) is 0 Å². The van der Waals surface area contributed by atoms with E-state index in [1.54, 1.807) is 0 Å². The average Bonchev–Trinajstić information content (AvgIpc) is 3.78. The fourth-order valence-corrected chi connectivity index (χ4v) is 10.4. The van der Waals surface area contributed by atoms with Crippen molar-refractivity contribution in [3.8, 4) is 84.8 Å². The Morgan fingerprint density at radius 2 is 0.914 bits per heavy atom. The van der Waals surface area contributed by atoms with Crippen molar-refractivity contribution in [2.75, 3.05) is 0 Å². The van der Waals surface area contributed by atoms with E-state index in [0.717, 1.165) is 79.2 Å². The molecule has 5 heteroatoms. The van der Waals surface area contributed by atoms with Crippen LogP contribution >= 0.6 is 0 Å². The third-order valence-electron chi connectivity index (χ3n) is 12.8. The topological polar surface area (TPSA) is 31.2 Å². The van der Waals surface area contributed by atoms with Crippen LogP contribution in [-0.4, -0.2) is 4.57 Å². The molecule has 58 heavy (non-hydrogen) atoms. The van der Waals surface area contributed by atoms with Crippen LogP contribution < -0.4 is 18.6 Å². The van der Waals surface area contributed by atoms with Crippen molar-refractivity contribution in [2.24, 2.45) is 0 Å². The van der Waals surface area contributed by atoms with Gasteiger partial charge in [-0.15, -0.1) is 9.13 Å². The molecular weight excluding hydrogens is 711 g/mol. The SMILES string of the molecule is c1ccc(-c2ccc(-c3cc4[n+]5c(c3)-c3cc(-c6ccc(-c7ccccc7)cc6)cc6[n+]3C53c5c(cccc5O4)Oc4ccc5c7ccccc7n-6c5c43)cc2)cc1. The van der Waals surface area contributed by atoms with Gasteiger partial charge >= 0.3 is 11.5 Å². The molecule has 4 aliphatic rings. The summed E-state index contributed by atoms with van der Waals surface area (Å²) in [5.41, 5.74) is 15.2. The van der Waals surface area contributed by atoms with Gasteiger partial charge in [0.2, 0.25) is 5.69 Å².